The molecule has 1 aromatic carbocycles. The van der Waals surface area contributed by atoms with Gasteiger partial charge in [-0.25, -0.2) is 0 Å². The summed E-state index contributed by atoms with van der Waals surface area (Å²) < 4.78 is 10.1. The summed E-state index contributed by atoms with van der Waals surface area (Å²) in [6.45, 7) is 1.69. The number of rotatable bonds is 6. The highest BCUT2D eigenvalue weighted by molar-refractivity contribution is 6.03. The summed E-state index contributed by atoms with van der Waals surface area (Å²) in [5, 5.41) is 9.57. The van der Waals surface area contributed by atoms with Gasteiger partial charge in [0.2, 0.25) is 5.91 Å². The number of aryl methyl sites for hydroxylation is 1. The van der Waals surface area contributed by atoms with Gasteiger partial charge in [0.05, 0.1) is 24.2 Å². The number of nitrogens with two attached hydrogens (primary N) is 1. The molecular weight excluding hydrogens is 384 g/mol. The predicted octanol–water partition coefficient (Wildman–Crippen LogP) is 3.67. The van der Waals surface area contributed by atoms with E-state index in [1.165, 1.54) is 19.8 Å². The Labute approximate surface area is 176 Å². The third-order valence-electron chi connectivity index (χ3n) is 5.73. The number of amides is 2. The number of aromatic nitrogens is 1. The van der Waals surface area contributed by atoms with E-state index < -0.39 is 6.04 Å². The van der Waals surface area contributed by atoms with Crippen LogP contribution in [0.4, 0.5) is 11.4 Å². The fourth-order valence-corrected chi connectivity index (χ4v) is 3.99. The average molecular weight is 415 g/mol. The Hall–Kier alpha value is -3.03. The number of nitrogens with zero attached hydrogens (tertiary/aromatic N) is 1. The molecule has 30 heavy (non-hydrogen) atoms. The maximum Gasteiger partial charge on any atom is 0.257 e. The largest absolute Gasteiger partial charge is 0.495 e. The van der Waals surface area contributed by atoms with Crippen molar-refractivity contribution in [1.82, 2.24) is 10.5 Å². The third-order valence-corrected chi connectivity index (χ3v) is 5.73. The molecule has 0 aliphatic heterocycles. The van der Waals surface area contributed by atoms with Gasteiger partial charge in [0.25, 0.3) is 5.91 Å². The van der Waals surface area contributed by atoms with Gasteiger partial charge in [0, 0.05) is 0 Å². The molecule has 8 heteroatoms. The second kappa shape index (κ2) is 10.1. The van der Waals surface area contributed by atoms with Crippen LogP contribution in [-0.4, -0.2) is 30.1 Å². The first-order chi connectivity index (χ1) is 14.5. The summed E-state index contributed by atoms with van der Waals surface area (Å²) in [6.07, 6.45) is 8.66. The maximum absolute atomic E-state index is 13.3. The summed E-state index contributed by atoms with van der Waals surface area (Å²) in [5.41, 5.74) is 7.75. The normalized spacial score (nSPS) is 16.2. The number of carbonyl (C=O) groups excluding carboxylic acids is 2. The molecule has 2 amide bonds. The highest BCUT2D eigenvalue weighted by atomic mass is 16.5. The summed E-state index contributed by atoms with van der Waals surface area (Å²) in [4.78, 5) is 26.1. The minimum absolute atomic E-state index is 0.0428. The number of nitrogen functional groups attached to an aromatic ring is 1. The van der Waals surface area contributed by atoms with E-state index in [0.29, 0.717) is 28.4 Å². The maximum atomic E-state index is 13.3. The number of ether oxygens (including phenoxy) is 1. The molecule has 4 N–H and O–H groups in total. The highest BCUT2D eigenvalue weighted by Gasteiger charge is 2.31. The Morgan fingerprint density at radius 1 is 1.20 bits per heavy atom. The molecule has 0 radical (unpaired) electrons. The molecule has 2 aromatic rings. The number of nitrogens with one attached hydrogen (secondary N) is 2. The van der Waals surface area contributed by atoms with Gasteiger partial charge in [0.1, 0.15) is 23.6 Å². The lowest BCUT2D eigenvalue weighted by Gasteiger charge is -2.29. The third kappa shape index (κ3) is 5.11. The Morgan fingerprint density at radius 3 is 2.53 bits per heavy atom. The van der Waals surface area contributed by atoms with Gasteiger partial charge in [-0.15, -0.1) is 0 Å². The monoisotopic (exact) mass is 414 g/mol. The Morgan fingerprint density at radius 2 is 1.90 bits per heavy atom. The molecule has 3 rings (SSSR count). The average Bonchev–Trinajstić information content (AvgIpc) is 3.14. The molecule has 162 valence electrons. The Bertz CT molecular complexity index is 872. The molecule has 1 saturated carbocycles. The molecule has 0 saturated heterocycles. The number of anilines is 2. The predicted molar refractivity (Wildman–Crippen MR) is 114 cm³/mol. The van der Waals surface area contributed by atoms with Crippen LogP contribution >= 0.6 is 0 Å². The van der Waals surface area contributed by atoms with Crippen molar-refractivity contribution in [3.63, 3.8) is 0 Å². The van der Waals surface area contributed by atoms with Crippen molar-refractivity contribution < 1.29 is 18.8 Å². The van der Waals surface area contributed by atoms with E-state index in [-0.39, 0.29) is 17.7 Å². The number of methoxy groups -OCH3 is 1. The van der Waals surface area contributed by atoms with E-state index >= 15 is 0 Å². The summed E-state index contributed by atoms with van der Waals surface area (Å²) in [7, 11) is 1.52. The molecule has 8 nitrogen and oxygen atoms in total. The van der Waals surface area contributed by atoms with Crippen LogP contribution in [0.1, 0.15) is 61.0 Å². The molecule has 1 aliphatic rings. The van der Waals surface area contributed by atoms with Crippen LogP contribution in [0.25, 0.3) is 0 Å². The van der Waals surface area contributed by atoms with Crippen LogP contribution in [0.5, 0.6) is 5.75 Å². The molecular formula is C22H30N4O4. The van der Waals surface area contributed by atoms with E-state index in [9.17, 15) is 9.59 Å². The zero-order valence-corrected chi connectivity index (χ0v) is 17.6. The summed E-state index contributed by atoms with van der Waals surface area (Å²) in [6, 6.07) is 4.52. The standard InChI is InChI=1S/C22H30N4O4/c1-14-16(13-30-26-14)21(27)25-20(15-9-6-4-3-5-7-10-15)22(28)24-17-11-8-12-18(29-2)19(17)23/h8,11-13,15,20H,3-7,9-10,23H2,1-2H3,(H,24,28)(H,25,27). The molecule has 1 atom stereocenters. The van der Waals surface area contributed by atoms with Crippen molar-refractivity contribution in [3.05, 3.63) is 35.7 Å². The first-order valence-corrected chi connectivity index (χ1v) is 10.5. The second-order valence-corrected chi connectivity index (χ2v) is 7.78. The van der Waals surface area contributed by atoms with Gasteiger partial charge >= 0.3 is 0 Å². The lowest BCUT2D eigenvalue weighted by Crippen LogP contribution is -2.48. The first kappa shape index (κ1) is 21.7. The molecule has 0 spiro atoms. The van der Waals surface area contributed by atoms with E-state index in [2.05, 4.69) is 15.8 Å². The van der Waals surface area contributed by atoms with Crippen LogP contribution in [-0.2, 0) is 4.79 Å². The van der Waals surface area contributed by atoms with E-state index in [1.807, 2.05) is 0 Å². The SMILES string of the molecule is COc1cccc(NC(=O)C(NC(=O)c2conc2C)C2CCCCCCC2)c1N. The van der Waals surface area contributed by atoms with Crippen LogP contribution in [0.15, 0.2) is 29.0 Å². The number of hydrogen-bond acceptors (Lipinski definition) is 6. The van der Waals surface area contributed by atoms with Gasteiger partial charge in [-0.2, -0.15) is 0 Å². The van der Waals surface area contributed by atoms with E-state index in [0.717, 1.165) is 38.5 Å². The van der Waals surface area contributed by atoms with Crippen molar-refractivity contribution >= 4 is 23.2 Å². The van der Waals surface area contributed by atoms with Crippen molar-refractivity contribution in [1.29, 1.82) is 0 Å². The van der Waals surface area contributed by atoms with Gasteiger partial charge in [-0.3, -0.25) is 9.59 Å². The Balaban J connectivity index is 1.83. The molecule has 1 unspecified atom stereocenters. The van der Waals surface area contributed by atoms with Crippen molar-refractivity contribution in [2.75, 3.05) is 18.2 Å². The lowest BCUT2D eigenvalue weighted by molar-refractivity contribution is -0.119. The molecule has 0 bridgehead atoms. The Kier molecular flexibility index (Phi) is 7.32. The second-order valence-electron chi connectivity index (χ2n) is 7.78. The molecule has 1 aromatic heterocycles. The van der Waals surface area contributed by atoms with Crippen molar-refractivity contribution in [2.24, 2.45) is 5.92 Å². The fourth-order valence-electron chi connectivity index (χ4n) is 3.99. The molecule has 1 fully saturated rings. The number of hydrogen-bond donors (Lipinski definition) is 3. The minimum Gasteiger partial charge on any atom is -0.495 e. The van der Waals surface area contributed by atoms with Gasteiger partial charge in [-0.1, -0.05) is 43.3 Å². The van der Waals surface area contributed by atoms with E-state index in [4.69, 9.17) is 15.0 Å². The van der Waals surface area contributed by atoms with Crippen LogP contribution in [0.3, 0.4) is 0 Å². The summed E-state index contributed by atoms with van der Waals surface area (Å²) in [5.74, 6) is -0.127. The van der Waals surface area contributed by atoms with Crippen molar-refractivity contribution in [3.8, 4) is 5.75 Å². The number of carbonyl (C=O) groups is 2. The summed E-state index contributed by atoms with van der Waals surface area (Å²) >= 11 is 0. The highest BCUT2D eigenvalue weighted by Crippen LogP contribution is 2.30. The quantitative estimate of drug-likeness (QED) is 0.621. The van der Waals surface area contributed by atoms with Crippen LogP contribution < -0.4 is 21.1 Å². The fraction of sp³-hybridized carbons (Fsp3) is 0.500. The minimum atomic E-state index is -0.685. The number of para-hydroxylation sites is 1. The molecule has 1 aliphatic carbocycles. The smallest absolute Gasteiger partial charge is 0.257 e. The zero-order valence-electron chi connectivity index (χ0n) is 17.6. The zero-order chi connectivity index (χ0) is 21.5. The van der Waals surface area contributed by atoms with Gasteiger partial charge in [0.15, 0.2) is 0 Å². The van der Waals surface area contributed by atoms with E-state index in [1.54, 1.807) is 25.1 Å². The van der Waals surface area contributed by atoms with Crippen molar-refractivity contribution in [2.45, 2.75) is 57.9 Å². The lowest BCUT2D eigenvalue weighted by atomic mass is 9.85. The van der Waals surface area contributed by atoms with Gasteiger partial charge < -0.3 is 25.6 Å². The topological polar surface area (TPSA) is 119 Å². The first-order valence-electron chi connectivity index (χ1n) is 10.5. The van der Waals surface area contributed by atoms with Gasteiger partial charge in [-0.05, 0) is 37.8 Å². The van der Waals surface area contributed by atoms with Crippen LogP contribution in [0.2, 0.25) is 0 Å². The number of benzene rings is 1. The van der Waals surface area contributed by atoms with Crippen LogP contribution in [0, 0.1) is 12.8 Å². The molecule has 1 heterocycles.